The molecule has 1 aliphatic heterocycles. The minimum atomic E-state index is 0.157. The first kappa shape index (κ1) is 15.6. The maximum Gasteiger partial charge on any atom is 0.247 e. The van der Waals surface area contributed by atoms with E-state index in [1.54, 1.807) is 12.4 Å². The molecule has 3 rings (SSSR count). The van der Waals surface area contributed by atoms with E-state index in [4.69, 9.17) is 4.42 Å². The van der Waals surface area contributed by atoms with Crippen LogP contribution in [0.4, 0.5) is 0 Å². The van der Waals surface area contributed by atoms with Gasteiger partial charge in [0.15, 0.2) is 0 Å². The van der Waals surface area contributed by atoms with E-state index in [-0.39, 0.29) is 5.91 Å². The summed E-state index contributed by atoms with van der Waals surface area (Å²) >= 11 is 0. The number of rotatable bonds is 5. The molecule has 0 saturated carbocycles. The molecule has 1 aliphatic rings. The molecule has 1 saturated heterocycles. The summed E-state index contributed by atoms with van der Waals surface area (Å²) in [6.45, 7) is 6.71. The summed E-state index contributed by atoms with van der Waals surface area (Å²) in [5, 5.41) is 8.04. The summed E-state index contributed by atoms with van der Waals surface area (Å²) in [5.41, 5.74) is 0.834. The smallest absolute Gasteiger partial charge is 0.247 e. The van der Waals surface area contributed by atoms with Crippen LogP contribution in [0.3, 0.4) is 0 Å². The number of carbonyl (C=O) groups is 1. The number of nitrogens with zero attached hydrogens (tertiary/aromatic N) is 5. The van der Waals surface area contributed by atoms with Crippen molar-refractivity contribution < 1.29 is 9.21 Å². The van der Waals surface area contributed by atoms with Crippen LogP contribution in [-0.4, -0.2) is 63.6 Å². The zero-order valence-corrected chi connectivity index (χ0v) is 13.3. The standard InChI is InChI=1S/C16H21N5O2/c1-2-20-9-11-21(12-10-20)15(22)4-3-14-18-19-16(23-14)13-5-7-17-8-6-13/h5-8H,2-4,9-12H2,1H3. The van der Waals surface area contributed by atoms with E-state index in [0.29, 0.717) is 24.6 Å². The van der Waals surface area contributed by atoms with Gasteiger partial charge >= 0.3 is 0 Å². The number of carbonyl (C=O) groups excluding carboxylic acids is 1. The van der Waals surface area contributed by atoms with Gasteiger partial charge in [0.25, 0.3) is 0 Å². The van der Waals surface area contributed by atoms with Crippen LogP contribution in [0.1, 0.15) is 19.2 Å². The lowest BCUT2D eigenvalue weighted by atomic mass is 10.2. The van der Waals surface area contributed by atoms with Crippen molar-refractivity contribution in [1.82, 2.24) is 25.0 Å². The fourth-order valence-corrected chi connectivity index (χ4v) is 2.65. The summed E-state index contributed by atoms with van der Waals surface area (Å²) in [6, 6.07) is 3.63. The van der Waals surface area contributed by atoms with Crippen molar-refractivity contribution in [3.05, 3.63) is 30.4 Å². The van der Waals surface area contributed by atoms with Crippen molar-refractivity contribution in [2.75, 3.05) is 32.7 Å². The van der Waals surface area contributed by atoms with Gasteiger partial charge in [-0.25, -0.2) is 0 Å². The highest BCUT2D eigenvalue weighted by Crippen LogP contribution is 2.17. The number of likely N-dealkylation sites (N-methyl/N-ethyl adjacent to an activating group) is 1. The topological polar surface area (TPSA) is 75.4 Å². The average Bonchev–Trinajstić information content (AvgIpc) is 3.09. The fourth-order valence-electron chi connectivity index (χ4n) is 2.65. The van der Waals surface area contributed by atoms with Crippen molar-refractivity contribution in [3.63, 3.8) is 0 Å². The molecule has 7 heteroatoms. The minimum Gasteiger partial charge on any atom is -0.421 e. The highest BCUT2D eigenvalue weighted by molar-refractivity contribution is 5.76. The summed E-state index contributed by atoms with van der Waals surface area (Å²) in [4.78, 5) is 20.5. The molecule has 7 nitrogen and oxygen atoms in total. The van der Waals surface area contributed by atoms with Crippen LogP contribution in [0.15, 0.2) is 28.9 Å². The molecule has 2 aromatic rings. The van der Waals surface area contributed by atoms with Gasteiger partial charge in [0.2, 0.25) is 17.7 Å². The van der Waals surface area contributed by atoms with Crippen molar-refractivity contribution in [2.45, 2.75) is 19.8 Å². The number of piperazine rings is 1. The lowest BCUT2D eigenvalue weighted by molar-refractivity contribution is -0.132. The van der Waals surface area contributed by atoms with Crippen LogP contribution in [0, 0.1) is 0 Å². The van der Waals surface area contributed by atoms with E-state index in [2.05, 4.69) is 27.0 Å². The van der Waals surface area contributed by atoms with Gasteiger partial charge in [-0.05, 0) is 18.7 Å². The Kier molecular flexibility index (Phi) is 4.97. The zero-order valence-electron chi connectivity index (χ0n) is 13.3. The Morgan fingerprint density at radius 3 is 2.61 bits per heavy atom. The average molecular weight is 315 g/mol. The van der Waals surface area contributed by atoms with E-state index in [1.807, 2.05) is 17.0 Å². The third kappa shape index (κ3) is 3.92. The Morgan fingerprint density at radius 2 is 1.91 bits per heavy atom. The summed E-state index contributed by atoms with van der Waals surface area (Å²) < 4.78 is 5.61. The number of pyridine rings is 1. The Balaban J connectivity index is 1.51. The lowest BCUT2D eigenvalue weighted by Crippen LogP contribution is -2.48. The molecule has 3 heterocycles. The molecule has 0 N–H and O–H groups in total. The third-order valence-corrected chi connectivity index (χ3v) is 4.12. The normalized spacial score (nSPS) is 15.8. The molecule has 0 spiro atoms. The predicted octanol–water partition coefficient (Wildman–Crippen LogP) is 1.23. The zero-order chi connectivity index (χ0) is 16.1. The van der Waals surface area contributed by atoms with Gasteiger partial charge in [-0.15, -0.1) is 10.2 Å². The quantitative estimate of drug-likeness (QED) is 0.826. The van der Waals surface area contributed by atoms with Gasteiger partial charge in [-0.2, -0.15) is 0 Å². The molecule has 0 aliphatic carbocycles. The predicted molar refractivity (Wildman–Crippen MR) is 84.5 cm³/mol. The van der Waals surface area contributed by atoms with E-state index >= 15 is 0 Å². The largest absolute Gasteiger partial charge is 0.421 e. The Morgan fingerprint density at radius 1 is 1.17 bits per heavy atom. The lowest BCUT2D eigenvalue weighted by Gasteiger charge is -2.34. The van der Waals surface area contributed by atoms with Gasteiger partial charge in [0, 0.05) is 57.0 Å². The minimum absolute atomic E-state index is 0.157. The van der Waals surface area contributed by atoms with Crippen molar-refractivity contribution >= 4 is 5.91 Å². The number of aryl methyl sites for hydroxylation is 1. The van der Waals surface area contributed by atoms with E-state index in [0.717, 1.165) is 38.3 Å². The van der Waals surface area contributed by atoms with Gasteiger partial charge in [-0.3, -0.25) is 9.78 Å². The number of aromatic nitrogens is 3. The summed E-state index contributed by atoms with van der Waals surface area (Å²) in [6.07, 6.45) is 4.24. The first-order chi connectivity index (χ1) is 11.3. The summed E-state index contributed by atoms with van der Waals surface area (Å²) in [7, 11) is 0. The van der Waals surface area contributed by atoms with E-state index in [1.165, 1.54) is 0 Å². The third-order valence-electron chi connectivity index (χ3n) is 4.12. The maximum atomic E-state index is 12.3. The number of hydrogen-bond acceptors (Lipinski definition) is 6. The highest BCUT2D eigenvalue weighted by atomic mass is 16.4. The van der Waals surface area contributed by atoms with Gasteiger partial charge in [-0.1, -0.05) is 6.92 Å². The van der Waals surface area contributed by atoms with E-state index < -0.39 is 0 Å². The van der Waals surface area contributed by atoms with Crippen molar-refractivity contribution in [1.29, 1.82) is 0 Å². The van der Waals surface area contributed by atoms with Crippen LogP contribution in [0.2, 0.25) is 0 Å². The fraction of sp³-hybridized carbons (Fsp3) is 0.500. The first-order valence-corrected chi connectivity index (χ1v) is 7.99. The van der Waals surface area contributed by atoms with Gasteiger partial charge in [0.05, 0.1) is 0 Å². The first-order valence-electron chi connectivity index (χ1n) is 7.99. The van der Waals surface area contributed by atoms with Crippen LogP contribution in [-0.2, 0) is 11.2 Å². The van der Waals surface area contributed by atoms with E-state index in [9.17, 15) is 4.79 Å². The Hall–Kier alpha value is -2.28. The number of amides is 1. The molecule has 0 unspecified atom stereocenters. The van der Waals surface area contributed by atoms with Crippen molar-refractivity contribution in [2.24, 2.45) is 0 Å². The van der Waals surface area contributed by atoms with Gasteiger partial charge < -0.3 is 14.2 Å². The highest BCUT2D eigenvalue weighted by Gasteiger charge is 2.20. The molecule has 23 heavy (non-hydrogen) atoms. The van der Waals surface area contributed by atoms with Crippen LogP contribution >= 0.6 is 0 Å². The Labute approximate surface area is 135 Å². The second-order valence-corrected chi connectivity index (χ2v) is 5.55. The number of hydrogen-bond donors (Lipinski definition) is 0. The molecule has 1 amide bonds. The monoisotopic (exact) mass is 315 g/mol. The molecule has 122 valence electrons. The molecule has 0 bridgehead atoms. The van der Waals surface area contributed by atoms with Crippen molar-refractivity contribution in [3.8, 4) is 11.5 Å². The van der Waals surface area contributed by atoms with Gasteiger partial charge in [0.1, 0.15) is 0 Å². The maximum absolute atomic E-state index is 12.3. The Bertz CT molecular complexity index is 635. The molecule has 1 fully saturated rings. The molecular formula is C16H21N5O2. The SMILES string of the molecule is CCN1CCN(C(=O)CCc2nnc(-c3ccncc3)o2)CC1. The van der Waals surface area contributed by atoms with Crippen LogP contribution in [0.25, 0.3) is 11.5 Å². The molecule has 2 aromatic heterocycles. The molecular weight excluding hydrogens is 294 g/mol. The summed E-state index contributed by atoms with van der Waals surface area (Å²) in [5.74, 6) is 1.12. The molecule has 0 aromatic carbocycles. The second-order valence-electron chi connectivity index (χ2n) is 5.55. The van der Waals surface area contributed by atoms with Crippen LogP contribution in [0.5, 0.6) is 0 Å². The molecule has 0 atom stereocenters. The molecule has 0 radical (unpaired) electrons. The second kappa shape index (κ2) is 7.32. The van der Waals surface area contributed by atoms with Crippen LogP contribution < -0.4 is 0 Å².